The van der Waals surface area contributed by atoms with Crippen molar-refractivity contribution in [3.8, 4) is 0 Å². The molecule has 126 valence electrons. The monoisotopic (exact) mass is 382 g/mol. The topological polar surface area (TPSA) is 32.3 Å². The number of anilines is 2. The number of rotatable bonds is 3. The Balaban J connectivity index is 1.77. The molecule has 0 radical (unpaired) electrons. The van der Waals surface area contributed by atoms with Crippen LogP contribution in [-0.4, -0.2) is 19.0 Å². The lowest BCUT2D eigenvalue weighted by Crippen LogP contribution is -2.29. The van der Waals surface area contributed by atoms with E-state index in [0.717, 1.165) is 18.8 Å². The average molecular weight is 384 g/mol. The molecule has 1 heterocycles. The summed E-state index contributed by atoms with van der Waals surface area (Å²) in [5.74, 6) is -0.315. The zero-order chi connectivity index (χ0) is 17.1. The highest BCUT2D eigenvalue weighted by Crippen LogP contribution is 2.31. The Labute approximate surface area is 156 Å². The quantitative estimate of drug-likeness (QED) is 0.716. The van der Waals surface area contributed by atoms with E-state index in [1.54, 1.807) is 24.3 Å². The van der Waals surface area contributed by atoms with E-state index >= 15 is 0 Å². The number of benzene rings is 2. The third-order valence-corrected chi connectivity index (χ3v) is 5.22. The maximum atomic E-state index is 12.4. The molecule has 0 bridgehead atoms. The fraction of sp³-hybridized carbons (Fsp3) is 0.278. The second-order valence-electron chi connectivity index (χ2n) is 5.77. The number of piperidine rings is 1. The molecule has 2 aromatic carbocycles. The summed E-state index contributed by atoms with van der Waals surface area (Å²) in [5.41, 5.74) is 1.97. The minimum Gasteiger partial charge on any atom is -0.370 e. The van der Waals surface area contributed by atoms with Gasteiger partial charge in [0.05, 0.1) is 26.3 Å². The molecule has 2 aromatic rings. The summed E-state index contributed by atoms with van der Waals surface area (Å²) in [6.45, 7) is 2.03. The lowest BCUT2D eigenvalue weighted by Gasteiger charge is -2.29. The number of amides is 1. The van der Waals surface area contributed by atoms with Crippen molar-refractivity contribution in [2.24, 2.45) is 0 Å². The van der Waals surface area contributed by atoms with Gasteiger partial charge in [0.25, 0.3) is 5.91 Å². The maximum Gasteiger partial charge on any atom is 0.257 e. The number of hydrogen-bond acceptors (Lipinski definition) is 2. The lowest BCUT2D eigenvalue weighted by atomic mass is 10.1. The first-order valence-corrected chi connectivity index (χ1v) is 8.99. The molecule has 3 nitrogen and oxygen atoms in total. The minimum atomic E-state index is -0.315. The molecule has 1 amide bonds. The van der Waals surface area contributed by atoms with Crippen molar-refractivity contribution in [2.45, 2.75) is 19.3 Å². The summed E-state index contributed by atoms with van der Waals surface area (Å²) < 4.78 is 0. The molecular formula is C18H17Cl3N2O. The van der Waals surface area contributed by atoms with Crippen molar-refractivity contribution in [1.82, 2.24) is 0 Å². The van der Waals surface area contributed by atoms with Crippen LogP contribution in [0.4, 0.5) is 11.4 Å². The van der Waals surface area contributed by atoms with Gasteiger partial charge in [-0.15, -0.1) is 0 Å². The molecule has 3 rings (SSSR count). The van der Waals surface area contributed by atoms with E-state index < -0.39 is 0 Å². The lowest BCUT2D eigenvalue weighted by molar-refractivity contribution is 0.102. The highest BCUT2D eigenvalue weighted by Gasteiger charge is 2.16. The van der Waals surface area contributed by atoms with Gasteiger partial charge in [-0.05, 0) is 49.6 Å². The number of carbonyl (C=O) groups excluding carboxylic acids is 1. The third-order valence-electron chi connectivity index (χ3n) is 4.10. The molecule has 0 aliphatic carbocycles. The molecule has 0 saturated carbocycles. The van der Waals surface area contributed by atoms with Crippen molar-refractivity contribution >= 4 is 52.1 Å². The van der Waals surface area contributed by atoms with Gasteiger partial charge in [-0.25, -0.2) is 0 Å². The van der Waals surface area contributed by atoms with Crippen LogP contribution in [0.15, 0.2) is 36.4 Å². The summed E-state index contributed by atoms with van der Waals surface area (Å²) in [6, 6.07) is 10.5. The zero-order valence-corrected chi connectivity index (χ0v) is 15.3. The van der Waals surface area contributed by atoms with Crippen LogP contribution in [0.3, 0.4) is 0 Å². The first-order valence-electron chi connectivity index (χ1n) is 7.86. The van der Waals surface area contributed by atoms with E-state index in [1.807, 2.05) is 12.1 Å². The van der Waals surface area contributed by atoms with Gasteiger partial charge in [0, 0.05) is 18.8 Å². The molecule has 0 spiro atoms. The summed E-state index contributed by atoms with van der Waals surface area (Å²) in [4.78, 5) is 14.7. The van der Waals surface area contributed by atoms with Crippen LogP contribution in [0, 0.1) is 0 Å². The molecule has 1 aliphatic rings. The fourth-order valence-electron chi connectivity index (χ4n) is 2.85. The molecule has 0 atom stereocenters. The number of nitrogens with one attached hydrogen (secondary N) is 1. The van der Waals surface area contributed by atoms with Crippen LogP contribution < -0.4 is 10.2 Å². The molecule has 1 fully saturated rings. The van der Waals surface area contributed by atoms with Gasteiger partial charge in [0.2, 0.25) is 0 Å². The van der Waals surface area contributed by atoms with E-state index in [-0.39, 0.29) is 10.9 Å². The molecule has 24 heavy (non-hydrogen) atoms. The van der Waals surface area contributed by atoms with Crippen LogP contribution in [-0.2, 0) is 0 Å². The SMILES string of the molecule is O=C(Nc1ccc(N2CCCCC2)c(Cl)c1)c1cccc(Cl)c1Cl. The molecule has 1 N–H and O–H groups in total. The van der Waals surface area contributed by atoms with Gasteiger partial charge >= 0.3 is 0 Å². The van der Waals surface area contributed by atoms with Crippen molar-refractivity contribution in [3.05, 3.63) is 57.0 Å². The van der Waals surface area contributed by atoms with E-state index in [1.165, 1.54) is 19.3 Å². The zero-order valence-electron chi connectivity index (χ0n) is 13.0. The van der Waals surface area contributed by atoms with Crippen molar-refractivity contribution < 1.29 is 4.79 Å². The predicted molar refractivity (Wildman–Crippen MR) is 102 cm³/mol. The summed E-state index contributed by atoms with van der Waals surface area (Å²) in [6.07, 6.45) is 3.63. The Morgan fingerprint density at radius 3 is 2.42 bits per heavy atom. The third kappa shape index (κ3) is 3.80. The standard InChI is InChI=1S/C18H17Cl3N2O/c19-14-6-4-5-13(17(14)21)18(24)22-12-7-8-16(15(20)11-12)23-9-2-1-3-10-23/h4-8,11H,1-3,9-10H2,(H,22,24). The highest BCUT2D eigenvalue weighted by atomic mass is 35.5. The minimum absolute atomic E-state index is 0.243. The van der Waals surface area contributed by atoms with Gasteiger partial charge in [-0.1, -0.05) is 40.9 Å². The van der Waals surface area contributed by atoms with Crippen LogP contribution in [0.1, 0.15) is 29.6 Å². The number of halogens is 3. The second kappa shape index (κ2) is 7.64. The van der Waals surface area contributed by atoms with Gasteiger partial charge in [0.1, 0.15) is 0 Å². The summed E-state index contributed by atoms with van der Waals surface area (Å²) >= 11 is 18.4. The molecule has 1 saturated heterocycles. The van der Waals surface area contributed by atoms with Crippen LogP contribution in [0.2, 0.25) is 15.1 Å². The van der Waals surface area contributed by atoms with Crippen LogP contribution >= 0.6 is 34.8 Å². The van der Waals surface area contributed by atoms with E-state index in [9.17, 15) is 4.79 Å². The molecule has 0 unspecified atom stereocenters. The van der Waals surface area contributed by atoms with Gasteiger partial charge in [-0.3, -0.25) is 4.79 Å². The Bertz CT molecular complexity index is 758. The van der Waals surface area contributed by atoms with Crippen molar-refractivity contribution in [3.63, 3.8) is 0 Å². The Hall–Kier alpha value is -1.42. The molecule has 0 aromatic heterocycles. The van der Waals surface area contributed by atoms with Gasteiger partial charge in [-0.2, -0.15) is 0 Å². The second-order valence-corrected chi connectivity index (χ2v) is 6.96. The Morgan fingerprint density at radius 1 is 0.958 bits per heavy atom. The average Bonchev–Trinajstić information content (AvgIpc) is 2.58. The fourth-order valence-corrected chi connectivity index (χ4v) is 3.54. The largest absolute Gasteiger partial charge is 0.370 e. The van der Waals surface area contributed by atoms with E-state index in [2.05, 4.69) is 10.2 Å². The van der Waals surface area contributed by atoms with Crippen molar-refractivity contribution in [2.75, 3.05) is 23.3 Å². The molecular weight excluding hydrogens is 367 g/mol. The molecule has 1 aliphatic heterocycles. The molecule has 6 heteroatoms. The van der Waals surface area contributed by atoms with Gasteiger partial charge in [0.15, 0.2) is 0 Å². The van der Waals surface area contributed by atoms with Crippen LogP contribution in [0.5, 0.6) is 0 Å². The van der Waals surface area contributed by atoms with E-state index in [0.29, 0.717) is 21.3 Å². The Morgan fingerprint density at radius 2 is 1.71 bits per heavy atom. The smallest absolute Gasteiger partial charge is 0.257 e. The Kier molecular flexibility index (Phi) is 5.54. The first kappa shape index (κ1) is 17.4. The van der Waals surface area contributed by atoms with Crippen LogP contribution in [0.25, 0.3) is 0 Å². The van der Waals surface area contributed by atoms with Crippen molar-refractivity contribution in [1.29, 1.82) is 0 Å². The number of carbonyl (C=O) groups is 1. The van der Waals surface area contributed by atoms with Gasteiger partial charge < -0.3 is 10.2 Å². The summed E-state index contributed by atoms with van der Waals surface area (Å²) in [7, 11) is 0. The predicted octanol–water partition coefficient (Wildman–Crippen LogP) is 5.89. The maximum absolute atomic E-state index is 12.4. The number of hydrogen-bond donors (Lipinski definition) is 1. The first-order chi connectivity index (χ1) is 11.6. The van der Waals surface area contributed by atoms with E-state index in [4.69, 9.17) is 34.8 Å². The normalized spacial score (nSPS) is 14.5. The number of nitrogens with zero attached hydrogens (tertiary/aromatic N) is 1. The highest BCUT2D eigenvalue weighted by molar-refractivity contribution is 6.44. The summed E-state index contributed by atoms with van der Waals surface area (Å²) in [5, 5.41) is 4.04.